The van der Waals surface area contributed by atoms with Crippen molar-refractivity contribution in [2.75, 3.05) is 116 Å². The van der Waals surface area contributed by atoms with Crippen LogP contribution in [0.2, 0.25) is 0 Å². The van der Waals surface area contributed by atoms with Gasteiger partial charge in [-0.05, 0) is 49.8 Å². The van der Waals surface area contributed by atoms with Gasteiger partial charge in [-0.25, -0.2) is 9.59 Å². The Morgan fingerprint density at radius 1 is 0.649 bits per heavy atom. The number of aliphatic hydroxyl groups is 2. The van der Waals surface area contributed by atoms with Crippen LogP contribution < -0.4 is 9.47 Å². The smallest absolute Gasteiger partial charge is 0.432 e. The van der Waals surface area contributed by atoms with E-state index in [1.165, 1.54) is 42.9 Å². The van der Waals surface area contributed by atoms with Gasteiger partial charge in [0.1, 0.15) is 18.1 Å². The molecule has 0 aliphatic rings. The van der Waals surface area contributed by atoms with Crippen LogP contribution in [0.1, 0.15) is 38.7 Å². The molecule has 0 unspecified atom stereocenters. The molecule has 2 aromatic rings. The summed E-state index contributed by atoms with van der Waals surface area (Å²) in [5.74, 6) is 3.31. The fourth-order valence-corrected chi connectivity index (χ4v) is 4.54. The zero-order chi connectivity index (χ0) is 42.6. The number of thioether (sulfide) groups is 1. The summed E-state index contributed by atoms with van der Waals surface area (Å²) >= 11 is 12.2. The molecule has 0 radical (unpaired) electrons. The largest absolute Gasteiger partial charge is 0.513 e. The second-order valence-corrected chi connectivity index (χ2v) is 12.8. The van der Waals surface area contributed by atoms with Crippen molar-refractivity contribution in [3.8, 4) is 11.5 Å². The summed E-state index contributed by atoms with van der Waals surface area (Å²) in [5, 5.41) is 27.1. The summed E-state index contributed by atoms with van der Waals surface area (Å²) in [6.07, 6.45) is 2.61. The van der Waals surface area contributed by atoms with Crippen LogP contribution in [-0.2, 0) is 33.2 Å². The van der Waals surface area contributed by atoms with Crippen molar-refractivity contribution < 1.29 is 67.4 Å². The number of aryl methyl sites for hydroxylation is 1. The fraction of sp³-hybridized carbons (Fsp3) is 0.632. The van der Waals surface area contributed by atoms with Crippen molar-refractivity contribution >= 4 is 52.2 Å². The number of unbranched alkanes of at least 4 members (excludes halogenated alkanes) is 1. The third-order valence-electron chi connectivity index (χ3n) is 6.09. The van der Waals surface area contributed by atoms with E-state index >= 15 is 0 Å². The van der Waals surface area contributed by atoms with Crippen LogP contribution in [0.25, 0.3) is 0 Å². The number of halogens is 2. The molecule has 0 amide bonds. The summed E-state index contributed by atoms with van der Waals surface area (Å²) in [7, 11) is 0. The maximum atomic E-state index is 11.5. The van der Waals surface area contributed by atoms with Gasteiger partial charge in [-0.15, -0.1) is 11.6 Å². The Kier molecular flexibility index (Phi) is 43.7. The third-order valence-corrected chi connectivity index (χ3v) is 7.35. The van der Waals surface area contributed by atoms with Gasteiger partial charge in [0, 0.05) is 42.0 Å². The molecule has 328 valence electrons. The highest BCUT2D eigenvalue weighted by Gasteiger charge is 2.09. The lowest BCUT2D eigenvalue weighted by atomic mass is 10.2. The predicted octanol–water partition coefficient (Wildman–Crippen LogP) is 7.08. The molecule has 2 N–H and O–H groups in total. The van der Waals surface area contributed by atoms with E-state index in [0.29, 0.717) is 77.7 Å². The average Bonchev–Trinajstić information content (AvgIpc) is 3.20. The number of non-ortho nitro benzene ring substituents is 1. The first-order chi connectivity index (χ1) is 27.6. The molecule has 2 rings (SSSR count). The predicted molar refractivity (Wildman–Crippen MR) is 220 cm³/mol. The highest BCUT2D eigenvalue weighted by atomic mass is 35.5. The van der Waals surface area contributed by atoms with E-state index in [0.717, 1.165) is 24.3 Å². The van der Waals surface area contributed by atoms with Crippen molar-refractivity contribution in [2.45, 2.75) is 40.0 Å². The van der Waals surface area contributed by atoms with Crippen LogP contribution in [0.5, 0.6) is 11.5 Å². The molecule has 0 aliphatic carbocycles. The van der Waals surface area contributed by atoms with Gasteiger partial charge in [0.05, 0.1) is 90.8 Å². The number of carbonyl (C=O) groups excluding carboxylic acids is 2. The van der Waals surface area contributed by atoms with Gasteiger partial charge in [-0.3, -0.25) is 10.1 Å². The molecule has 0 aromatic heterocycles. The lowest BCUT2D eigenvalue weighted by molar-refractivity contribution is -0.384. The van der Waals surface area contributed by atoms with Gasteiger partial charge >= 0.3 is 11.6 Å². The second-order valence-electron chi connectivity index (χ2n) is 10.9. The Bertz CT molecular complexity index is 1170. The number of alkyl halides is 1. The van der Waals surface area contributed by atoms with E-state index in [1.54, 1.807) is 12.1 Å². The normalized spacial score (nSPS) is 10.2. The number of rotatable bonds is 29. The van der Waals surface area contributed by atoms with Crippen molar-refractivity contribution in [3.05, 3.63) is 64.2 Å². The van der Waals surface area contributed by atoms with E-state index in [1.807, 2.05) is 30.8 Å². The minimum Gasteiger partial charge on any atom is -0.432 e. The highest BCUT2D eigenvalue weighted by Crippen LogP contribution is 2.17. The zero-order valence-corrected chi connectivity index (χ0v) is 35.6. The summed E-state index contributed by atoms with van der Waals surface area (Å²) in [5.41, 5.74) is 0.217. The van der Waals surface area contributed by atoms with Crippen LogP contribution in [0.4, 0.5) is 15.3 Å². The van der Waals surface area contributed by atoms with Gasteiger partial charge in [-0.2, -0.15) is 11.8 Å². The molecule has 0 fully saturated rings. The Hall–Kier alpha value is -2.81. The van der Waals surface area contributed by atoms with E-state index in [9.17, 15) is 19.7 Å². The molecule has 57 heavy (non-hydrogen) atoms. The van der Waals surface area contributed by atoms with Gasteiger partial charge in [0.25, 0.3) is 5.69 Å². The molecule has 0 aliphatic heterocycles. The van der Waals surface area contributed by atoms with Crippen molar-refractivity contribution in [1.29, 1.82) is 0 Å². The number of ether oxygens (including phenoxy) is 9. The molecule has 0 atom stereocenters. The van der Waals surface area contributed by atoms with E-state index in [-0.39, 0.29) is 37.9 Å². The molecule has 0 bridgehead atoms. The monoisotopic (exact) mass is 873 g/mol. The SMILES string of the molecule is CCCCSCCOCCOCCOC(=O)Oc1ccc([N+](=O)[O-])cc1.CCCOCCOCCO.Cc1ccc(OC(=O)Cl)cc1.OCCOCCOCCCl. The molecule has 0 spiro atoms. The molecule has 16 nitrogen and oxygen atoms in total. The standard InChI is InChI=1S/C17H25NO7S.C8H7ClO2.C7H16O3.C6H13ClO3/c1-2-3-13-26-14-12-23-9-8-22-10-11-24-17(19)25-16-6-4-15(5-7-16)18(20)21;1-6-2-4-7(5-3-6)11-8(9)10;1-2-4-9-6-7-10-5-3-8;7-1-3-9-5-6-10-4-2-8/h4-7H,2-3,8-14H2,1H3;2-5H,1H3;8H,2-7H2,1H3;8H,1-6H2. The zero-order valence-electron chi connectivity index (χ0n) is 33.3. The molecule has 0 saturated carbocycles. The van der Waals surface area contributed by atoms with Crippen LogP contribution >= 0.6 is 35.0 Å². The number of hydrogen-bond donors (Lipinski definition) is 2. The minimum absolute atomic E-state index is 0.0543. The first-order valence-electron chi connectivity index (χ1n) is 18.5. The molecule has 0 saturated heterocycles. The summed E-state index contributed by atoms with van der Waals surface area (Å²) in [6, 6.07) is 12.2. The van der Waals surface area contributed by atoms with E-state index in [4.69, 9.17) is 71.3 Å². The van der Waals surface area contributed by atoms with E-state index in [2.05, 4.69) is 18.6 Å². The minimum atomic E-state index is -0.886. The molecular weight excluding hydrogens is 813 g/mol. The number of nitrogens with zero attached hydrogens (tertiary/aromatic N) is 1. The summed E-state index contributed by atoms with van der Waals surface area (Å²) in [6.45, 7) is 12.7. The first kappa shape index (κ1) is 56.3. The van der Waals surface area contributed by atoms with Crippen molar-refractivity contribution in [1.82, 2.24) is 0 Å². The second kappa shape index (κ2) is 44.3. The summed E-state index contributed by atoms with van der Waals surface area (Å²) < 4.78 is 45.0. The van der Waals surface area contributed by atoms with Crippen molar-refractivity contribution in [3.63, 3.8) is 0 Å². The fourth-order valence-electron chi connectivity index (χ4n) is 3.40. The van der Waals surface area contributed by atoms with Gasteiger partial charge in [0.2, 0.25) is 0 Å². The number of nitro benzene ring substituents is 1. The Balaban J connectivity index is 0. The Morgan fingerprint density at radius 2 is 1.12 bits per heavy atom. The number of nitro groups is 1. The third kappa shape index (κ3) is 42.6. The first-order valence-corrected chi connectivity index (χ1v) is 20.6. The van der Waals surface area contributed by atoms with E-state index < -0.39 is 16.5 Å². The average molecular weight is 875 g/mol. The Morgan fingerprint density at radius 3 is 1.61 bits per heavy atom. The number of carbonyl (C=O) groups is 2. The lowest BCUT2D eigenvalue weighted by Gasteiger charge is -2.07. The molecule has 2 aromatic carbocycles. The maximum Gasteiger partial charge on any atom is 0.513 e. The molecule has 0 heterocycles. The quantitative estimate of drug-likeness (QED) is 0.0160. The van der Waals surface area contributed by atoms with Crippen LogP contribution in [0.3, 0.4) is 0 Å². The van der Waals surface area contributed by atoms with Crippen LogP contribution in [0, 0.1) is 17.0 Å². The van der Waals surface area contributed by atoms with Crippen molar-refractivity contribution in [2.24, 2.45) is 0 Å². The number of aliphatic hydroxyl groups excluding tert-OH is 2. The number of hydrogen-bond acceptors (Lipinski definition) is 16. The molecule has 19 heteroatoms. The van der Waals surface area contributed by atoms with Crippen LogP contribution in [0.15, 0.2) is 48.5 Å². The maximum absolute atomic E-state index is 11.5. The Labute approximate surface area is 350 Å². The van der Waals surface area contributed by atoms with Gasteiger partial charge < -0.3 is 52.8 Å². The van der Waals surface area contributed by atoms with Crippen LogP contribution in [-0.4, -0.2) is 143 Å². The topological polar surface area (TPSA) is 201 Å². The van der Waals surface area contributed by atoms with Gasteiger partial charge in [0.15, 0.2) is 0 Å². The highest BCUT2D eigenvalue weighted by molar-refractivity contribution is 7.99. The number of benzene rings is 2. The van der Waals surface area contributed by atoms with Gasteiger partial charge in [-0.1, -0.05) is 38.0 Å². The lowest BCUT2D eigenvalue weighted by Crippen LogP contribution is -2.16. The molecular formula is C38H61Cl2NO15S. The summed E-state index contributed by atoms with van der Waals surface area (Å²) in [4.78, 5) is 31.7.